The first-order valence-corrected chi connectivity index (χ1v) is 10.1. The predicted octanol–water partition coefficient (Wildman–Crippen LogP) is 4.18. The Bertz CT molecular complexity index is 1360. The molecule has 158 valence electrons. The highest BCUT2D eigenvalue weighted by molar-refractivity contribution is 6.03. The molecule has 0 spiro atoms. The summed E-state index contributed by atoms with van der Waals surface area (Å²) in [4.78, 5) is 24.8. The molecule has 2 heterocycles. The predicted molar refractivity (Wildman–Crippen MR) is 122 cm³/mol. The van der Waals surface area contributed by atoms with Crippen LogP contribution in [0.15, 0.2) is 53.3 Å². The molecular formula is C24H25N5O2. The van der Waals surface area contributed by atoms with Gasteiger partial charge >= 0.3 is 0 Å². The van der Waals surface area contributed by atoms with E-state index in [1.165, 1.54) is 0 Å². The van der Waals surface area contributed by atoms with E-state index in [2.05, 4.69) is 41.4 Å². The van der Waals surface area contributed by atoms with Gasteiger partial charge in [-0.25, -0.2) is 5.10 Å². The summed E-state index contributed by atoms with van der Waals surface area (Å²) in [7, 11) is 1.85. The lowest BCUT2D eigenvalue weighted by molar-refractivity contribution is 0.102. The number of nitrogens with zero attached hydrogens (tertiary/aromatic N) is 3. The smallest absolute Gasteiger partial charge is 0.276 e. The zero-order chi connectivity index (χ0) is 22.3. The van der Waals surface area contributed by atoms with Gasteiger partial charge in [0.15, 0.2) is 5.69 Å². The first-order valence-electron chi connectivity index (χ1n) is 10.1. The Labute approximate surface area is 180 Å². The minimum absolute atomic E-state index is 0.106. The maximum Gasteiger partial charge on any atom is 0.276 e. The highest BCUT2D eigenvalue weighted by Crippen LogP contribution is 2.29. The molecule has 4 aromatic rings. The number of aromatic amines is 1. The number of nitrogens with one attached hydrogen (secondary N) is 2. The molecule has 0 saturated carbocycles. The molecule has 2 N–H and O–H groups in total. The van der Waals surface area contributed by atoms with E-state index in [0.717, 1.165) is 22.2 Å². The van der Waals surface area contributed by atoms with Gasteiger partial charge in [0.05, 0.1) is 11.1 Å². The van der Waals surface area contributed by atoms with E-state index in [1.54, 1.807) is 10.7 Å². The summed E-state index contributed by atoms with van der Waals surface area (Å²) in [6.45, 7) is 8.21. The third-order valence-electron chi connectivity index (χ3n) is 5.32. The summed E-state index contributed by atoms with van der Waals surface area (Å²) >= 11 is 0. The fourth-order valence-corrected chi connectivity index (χ4v) is 3.80. The van der Waals surface area contributed by atoms with Crippen molar-refractivity contribution >= 4 is 22.4 Å². The lowest BCUT2D eigenvalue weighted by Gasteiger charge is -2.17. The van der Waals surface area contributed by atoms with E-state index in [-0.39, 0.29) is 16.9 Å². The van der Waals surface area contributed by atoms with Crippen LogP contribution in [-0.4, -0.2) is 25.9 Å². The van der Waals surface area contributed by atoms with Gasteiger partial charge in [0.1, 0.15) is 0 Å². The second kappa shape index (κ2) is 7.50. The molecular weight excluding hydrogens is 390 g/mol. The summed E-state index contributed by atoms with van der Waals surface area (Å²) in [5.41, 5.74) is 4.23. The summed E-state index contributed by atoms with van der Waals surface area (Å²) in [6, 6.07) is 14.8. The van der Waals surface area contributed by atoms with Crippen LogP contribution >= 0.6 is 0 Å². The molecule has 0 atom stereocenters. The number of rotatable bonds is 3. The third kappa shape index (κ3) is 3.86. The number of aromatic nitrogens is 4. The van der Waals surface area contributed by atoms with Gasteiger partial charge in [0, 0.05) is 34.8 Å². The molecule has 0 saturated heterocycles. The van der Waals surface area contributed by atoms with E-state index in [1.807, 2.05) is 56.4 Å². The molecule has 1 amide bonds. The molecule has 0 aliphatic heterocycles. The molecule has 7 nitrogen and oxygen atoms in total. The average molecular weight is 415 g/mol. The van der Waals surface area contributed by atoms with E-state index < -0.39 is 0 Å². The molecule has 0 fully saturated rings. The minimum atomic E-state index is -0.258. The van der Waals surface area contributed by atoms with Crippen LogP contribution in [0.4, 0.5) is 5.69 Å². The van der Waals surface area contributed by atoms with Crippen LogP contribution in [0.2, 0.25) is 0 Å². The molecule has 0 unspecified atom stereocenters. The summed E-state index contributed by atoms with van der Waals surface area (Å²) in [6.07, 6.45) is 0. The number of aryl methyl sites for hydroxylation is 2. The van der Waals surface area contributed by atoms with Crippen LogP contribution in [0.3, 0.4) is 0 Å². The molecule has 0 aliphatic rings. The van der Waals surface area contributed by atoms with Gasteiger partial charge < -0.3 is 5.32 Å². The van der Waals surface area contributed by atoms with Gasteiger partial charge in [0.2, 0.25) is 0 Å². The van der Waals surface area contributed by atoms with E-state index in [0.29, 0.717) is 22.5 Å². The normalized spacial score (nSPS) is 11.6. The quantitative estimate of drug-likeness (QED) is 0.525. The maximum absolute atomic E-state index is 12.7. The molecule has 7 heteroatoms. The van der Waals surface area contributed by atoms with Crippen molar-refractivity contribution in [1.29, 1.82) is 0 Å². The van der Waals surface area contributed by atoms with Gasteiger partial charge in [-0.05, 0) is 36.8 Å². The average Bonchev–Trinajstić information content (AvgIpc) is 3.12. The minimum Gasteiger partial charge on any atom is -0.321 e. The number of amides is 1. The summed E-state index contributed by atoms with van der Waals surface area (Å²) in [5, 5.41) is 15.5. The third-order valence-corrected chi connectivity index (χ3v) is 5.32. The van der Waals surface area contributed by atoms with Crippen LogP contribution < -0.4 is 10.9 Å². The lowest BCUT2D eigenvalue weighted by Crippen LogP contribution is -2.16. The largest absolute Gasteiger partial charge is 0.321 e. The molecule has 2 aromatic carbocycles. The Hall–Kier alpha value is -3.74. The number of hydrogen-bond acceptors (Lipinski definition) is 4. The topological polar surface area (TPSA) is 92.7 Å². The van der Waals surface area contributed by atoms with Crippen molar-refractivity contribution in [3.63, 3.8) is 0 Å². The van der Waals surface area contributed by atoms with Crippen molar-refractivity contribution in [2.24, 2.45) is 7.05 Å². The van der Waals surface area contributed by atoms with Crippen molar-refractivity contribution in [2.45, 2.75) is 33.1 Å². The Morgan fingerprint density at radius 2 is 1.77 bits per heavy atom. The zero-order valence-electron chi connectivity index (χ0n) is 18.3. The van der Waals surface area contributed by atoms with E-state index in [4.69, 9.17) is 0 Å². The van der Waals surface area contributed by atoms with Crippen molar-refractivity contribution in [3.8, 4) is 11.3 Å². The first kappa shape index (κ1) is 20.5. The number of carbonyl (C=O) groups is 1. The summed E-state index contributed by atoms with van der Waals surface area (Å²) < 4.78 is 1.75. The second-order valence-corrected chi connectivity index (χ2v) is 8.72. The van der Waals surface area contributed by atoms with Gasteiger partial charge in [-0.3, -0.25) is 14.3 Å². The Balaban J connectivity index is 1.64. The molecule has 0 bridgehead atoms. The second-order valence-electron chi connectivity index (χ2n) is 8.72. The Morgan fingerprint density at radius 1 is 1.06 bits per heavy atom. The van der Waals surface area contributed by atoms with Crippen LogP contribution in [0.1, 0.15) is 42.5 Å². The monoisotopic (exact) mass is 415 g/mol. The maximum atomic E-state index is 12.7. The highest BCUT2D eigenvalue weighted by Gasteiger charge is 2.22. The van der Waals surface area contributed by atoms with Crippen molar-refractivity contribution < 1.29 is 4.79 Å². The molecule has 2 aromatic heterocycles. The van der Waals surface area contributed by atoms with E-state index in [9.17, 15) is 9.59 Å². The highest BCUT2D eigenvalue weighted by atomic mass is 16.2. The fraction of sp³-hybridized carbons (Fsp3) is 0.250. The van der Waals surface area contributed by atoms with Gasteiger partial charge in [-0.1, -0.05) is 45.0 Å². The molecule has 0 aliphatic carbocycles. The number of fused-ring (bicyclic) bond motifs is 1. The number of hydrogen-bond donors (Lipinski definition) is 2. The van der Waals surface area contributed by atoms with Crippen LogP contribution in [0, 0.1) is 6.92 Å². The number of anilines is 1. The van der Waals surface area contributed by atoms with Gasteiger partial charge in [-0.15, -0.1) is 0 Å². The number of carbonyl (C=O) groups excluding carboxylic acids is 1. The Morgan fingerprint density at radius 3 is 2.42 bits per heavy atom. The van der Waals surface area contributed by atoms with E-state index >= 15 is 0 Å². The molecule has 4 rings (SSSR count). The standard InChI is InChI=1S/C24H25N5O2/c1-14-12-15(25-23(31)19-13-20(24(2,3)4)29(5)28-19)10-11-16(14)21-17-8-6-7-9-18(17)22(30)27-26-21/h6-13H,1-5H3,(H,25,31)(H,27,30). The van der Waals surface area contributed by atoms with Crippen molar-refractivity contribution in [2.75, 3.05) is 5.32 Å². The van der Waals surface area contributed by atoms with Gasteiger partial charge in [-0.2, -0.15) is 10.2 Å². The van der Waals surface area contributed by atoms with Crippen LogP contribution in [-0.2, 0) is 12.5 Å². The fourth-order valence-electron chi connectivity index (χ4n) is 3.80. The zero-order valence-corrected chi connectivity index (χ0v) is 18.3. The number of H-pyrrole nitrogens is 1. The Kier molecular flexibility index (Phi) is 4.97. The SMILES string of the molecule is Cc1cc(NC(=O)c2cc(C(C)(C)C)n(C)n2)ccc1-c1n[nH]c(=O)c2ccccc12. The molecule has 0 radical (unpaired) electrons. The summed E-state index contributed by atoms with van der Waals surface area (Å²) in [5.74, 6) is -0.258. The first-order chi connectivity index (χ1) is 14.6. The lowest BCUT2D eigenvalue weighted by atomic mass is 9.92. The van der Waals surface area contributed by atoms with Crippen LogP contribution in [0.25, 0.3) is 22.0 Å². The van der Waals surface area contributed by atoms with Gasteiger partial charge in [0.25, 0.3) is 11.5 Å². The number of benzene rings is 2. The van der Waals surface area contributed by atoms with Crippen LogP contribution in [0.5, 0.6) is 0 Å². The van der Waals surface area contributed by atoms with Crippen molar-refractivity contribution in [1.82, 2.24) is 20.0 Å². The molecule has 31 heavy (non-hydrogen) atoms. The van der Waals surface area contributed by atoms with Crippen molar-refractivity contribution in [3.05, 3.63) is 75.8 Å².